The summed E-state index contributed by atoms with van der Waals surface area (Å²) in [5, 5.41) is 20.8. The van der Waals surface area contributed by atoms with E-state index in [1.54, 1.807) is 48.5 Å². The van der Waals surface area contributed by atoms with Crippen LogP contribution in [0.25, 0.3) is 17.4 Å². The zero-order valence-electron chi connectivity index (χ0n) is 16.9. The summed E-state index contributed by atoms with van der Waals surface area (Å²) in [6.45, 7) is 0. The first-order chi connectivity index (χ1) is 15.8. The van der Waals surface area contributed by atoms with Crippen molar-refractivity contribution in [1.82, 2.24) is 4.90 Å². The molecule has 1 saturated heterocycles. The minimum atomic E-state index is -1.15. The number of nitrogens with zero attached hydrogens (tertiary/aromatic N) is 2. The highest BCUT2D eigenvalue weighted by Crippen LogP contribution is 2.36. The van der Waals surface area contributed by atoms with Crippen molar-refractivity contribution in [2.45, 2.75) is 12.5 Å². The Balaban J connectivity index is 1.57. The molecule has 1 atom stereocenters. The number of hydrogen-bond donors (Lipinski definition) is 1. The highest BCUT2D eigenvalue weighted by atomic mass is 32.2. The third-order valence-corrected chi connectivity index (χ3v) is 6.26. The molecular weight excluding hydrogens is 464 g/mol. The zero-order chi connectivity index (χ0) is 23.5. The van der Waals surface area contributed by atoms with Gasteiger partial charge in [-0.05, 0) is 17.7 Å². The smallest absolute Gasteiger partial charge is 0.327 e. The van der Waals surface area contributed by atoms with Gasteiger partial charge < -0.3 is 9.52 Å². The number of carbonyl (C=O) groups is 2. The molecular formula is C23H16N2O6S2. The van der Waals surface area contributed by atoms with Gasteiger partial charge in [0.2, 0.25) is 0 Å². The van der Waals surface area contributed by atoms with Gasteiger partial charge in [-0.15, -0.1) is 0 Å². The van der Waals surface area contributed by atoms with E-state index in [1.165, 1.54) is 18.2 Å². The molecule has 4 rings (SSSR count). The van der Waals surface area contributed by atoms with Gasteiger partial charge in [0.05, 0.1) is 9.83 Å². The molecule has 0 bridgehead atoms. The van der Waals surface area contributed by atoms with E-state index in [1.807, 2.05) is 6.07 Å². The van der Waals surface area contributed by atoms with Gasteiger partial charge >= 0.3 is 5.97 Å². The maximum atomic E-state index is 13.0. The SMILES string of the molecule is O=C(O)[C@@H](Cc1ccccc1)N1C(=O)/C(=C\c2ccc(-c3cccc([N+](=O)[O-])c3)o2)SC1=S. The number of amides is 1. The molecule has 166 valence electrons. The van der Waals surface area contributed by atoms with E-state index in [-0.39, 0.29) is 21.3 Å². The number of rotatable bonds is 7. The Labute approximate surface area is 197 Å². The lowest BCUT2D eigenvalue weighted by atomic mass is 10.0. The Morgan fingerprint density at radius 3 is 2.64 bits per heavy atom. The monoisotopic (exact) mass is 480 g/mol. The van der Waals surface area contributed by atoms with E-state index < -0.39 is 22.8 Å². The van der Waals surface area contributed by atoms with Crippen LogP contribution in [0.4, 0.5) is 5.69 Å². The molecule has 0 aliphatic carbocycles. The number of non-ortho nitro benzene ring substituents is 1. The quantitative estimate of drug-likeness (QED) is 0.223. The second-order valence-corrected chi connectivity index (χ2v) is 8.78. The molecule has 10 heteroatoms. The number of carboxylic acid groups (broad SMARTS) is 1. The van der Waals surface area contributed by atoms with Gasteiger partial charge in [0.1, 0.15) is 21.9 Å². The summed E-state index contributed by atoms with van der Waals surface area (Å²) in [6, 6.07) is 17.1. The Morgan fingerprint density at radius 2 is 1.94 bits per heavy atom. The average molecular weight is 481 g/mol. The third-order valence-electron chi connectivity index (χ3n) is 4.93. The standard InChI is InChI=1S/C23H16N2O6S2/c26-21-20(13-17-9-10-19(31-17)15-7-4-8-16(12-15)25(29)30)33-23(32)24(21)18(22(27)28)11-14-5-2-1-3-6-14/h1-10,12-13,18H,11H2,(H,27,28)/b20-13+/t18-/m1/s1. The van der Waals surface area contributed by atoms with Crippen molar-refractivity contribution in [2.75, 3.05) is 0 Å². The maximum absolute atomic E-state index is 13.0. The van der Waals surface area contributed by atoms with Crippen LogP contribution in [0.3, 0.4) is 0 Å². The number of carboxylic acids is 1. The molecule has 1 amide bonds. The predicted octanol–water partition coefficient (Wildman–Crippen LogP) is 4.75. The highest BCUT2D eigenvalue weighted by Gasteiger charge is 2.40. The van der Waals surface area contributed by atoms with Crippen LogP contribution in [-0.4, -0.2) is 37.2 Å². The van der Waals surface area contributed by atoms with Crippen LogP contribution in [-0.2, 0) is 16.0 Å². The van der Waals surface area contributed by atoms with Crippen molar-refractivity contribution in [2.24, 2.45) is 0 Å². The predicted molar refractivity (Wildman–Crippen MR) is 127 cm³/mol. The van der Waals surface area contributed by atoms with Crippen LogP contribution in [0.2, 0.25) is 0 Å². The number of furan rings is 1. The number of hydrogen-bond acceptors (Lipinski definition) is 7. The van der Waals surface area contributed by atoms with Crippen molar-refractivity contribution in [3.05, 3.63) is 93.1 Å². The van der Waals surface area contributed by atoms with E-state index in [0.29, 0.717) is 17.1 Å². The second kappa shape index (κ2) is 9.39. The van der Waals surface area contributed by atoms with Crippen molar-refractivity contribution < 1.29 is 24.0 Å². The number of aliphatic carboxylic acids is 1. The normalized spacial score (nSPS) is 15.8. The van der Waals surface area contributed by atoms with E-state index >= 15 is 0 Å². The molecule has 33 heavy (non-hydrogen) atoms. The number of nitro benzene ring substituents is 1. The van der Waals surface area contributed by atoms with E-state index in [4.69, 9.17) is 16.6 Å². The van der Waals surface area contributed by atoms with Crippen LogP contribution >= 0.6 is 24.0 Å². The number of thiocarbonyl (C=S) groups is 1. The highest BCUT2D eigenvalue weighted by molar-refractivity contribution is 8.26. The summed E-state index contributed by atoms with van der Waals surface area (Å²) < 4.78 is 5.90. The van der Waals surface area contributed by atoms with E-state index in [2.05, 4.69) is 0 Å². The van der Waals surface area contributed by atoms with Gasteiger partial charge in [0.25, 0.3) is 11.6 Å². The van der Waals surface area contributed by atoms with Gasteiger partial charge in [0, 0.05) is 30.2 Å². The van der Waals surface area contributed by atoms with Gasteiger partial charge in [0.15, 0.2) is 0 Å². The molecule has 1 aromatic heterocycles. The molecule has 0 saturated carbocycles. The fourth-order valence-corrected chi connectivity index (χ4v) is 4.70. The van der Waals surface area contributed by atoms with Gasteiger partial charge in [-0.3, -0.25) is 19.8 Å². The molecule has 1 fully saturated rings. The fraction of sp³-hybridized carbons (Fsp3) is 0.0870. The first kappa shape index (κ1) is 22.4. The lowest BCUT2D eigenvalue weighted by molar-refractivity contribution is -0.384. The van der Waals surface area contributed by atoms with E-state index in [9.17, 15) is 24.8 Å². The van der Waals surface area contributed by atoms with E-state index in [0.717, 1.165) is 22.2 Å². The fourth-order valence-electron chi connectivity index (χ4n) is 3.36. The molecule has 0 radical (unpaired) electrons. The van der Waals surface area contributed by atoms with Crippen LogP contribution in [0, 0.1) is 10.1 Å². The summed E-state index contributed by atoms with van der Waals surface area (Å²) in [4.78, 5) is 36.8. The minimum absolute atomic E-state index is 0.0653. The van der Waals surface area contributed by atoms with Gasteiger partial charge in [-0.2, -0.15) is 0 Å². The van der Waals surface area contributed by atoms with Crippen LogP contribution in [0.5, 0.6) is 0 Å². The summed E-state index contributed by atoms with van der Waals surface area (Å²) in [5.41, 5.74) is 1.23. The summed E-state index contributed by atoms with van der Waals surface area (Å²) in [6.07, 6.45) is 1.61. The van der Waals surface area contributed by atoms with Crippen LogP contribution < -0.4 is 0 Å². The van der Waals surface area contributed by atoms with Gasteiger partial charge in [-0.1, -0.05) is 66.4 Å². The van der Waals surface area contributed by atoms with Crippen molar-refractivity contribution >= 4 is 51.9 Å². The second-order valence-electron chi connectivity index (χ2n) is 7.10. The van der Waals surface area contributed by atoms with Crippen molar-refractivity contribution in [1.29, 1.82) is 0 Å². The van der Waals surface area contributed by atoms with Crippen molar-refractivity contribution in [3.63, 3.8) is 0 Å². The van der Waals surface area contributed by atoms with Crippen LogP contribution in [0.15, 0.2) is 76.1 Å². The Morgan fingerprint density at radius 1 is 1.18 bits per heavy atom. The van der Waals surface area contributed by atoms with Crippen LogP contribution in [0.1, 0.15) is 11.3 Å². The first-order valence-corrected chi connectivity index (χ1v) is 10.9. The van der Waals surface area contributed by atoms with Gasteiger partial charge in [-0.25, -0.2) is 4.79 Å². The Hall–Kier alpha value is -3.76. The molecule has 8 nitrogen and oxygen atoms in total. The zero-order valence-corrected chi connectivity index (χ0v) is 18.5. The first-order valence-electron chi connectivity index (χ1n) is 9.72. The molecule has 3 aromatic rings. The molecule has 0 unspecified atom stereocenters. The molecule has 2 aromatic carbocycles. The minimum Gasteiger partial charge on any atom is -0.480 e. The topological polar surface area (TPSA) is 114 Å². The summed E-state index contributed by atoms with van der Waals surface area (Å²) in [7, 11) is 0. The molecule has 1 aliphatic heterocycles. The Kier molecular flexibility index (Phi) is 6.38. The average Bonchev–Trinajstić information content (AvgIpc) is 3.37. The number of carbonyl (C=O) groups excluding carboxylic acids is 1. The molecule has 0 spiro atoms. The lowest BCUT2D eigenvalue weighted by Crippen LogP contribution is -2.45. The lowest BCUT2D eigenvalue weighted by Gasteiger charge is -2.23. The van der Waals surface area contributed by atoms with Crippen molar-refractivity contribution in [3.8, 4) is 11.3 Å². The largest absolute Gasteiger partial charge is 0.480 e. The Bertz CT molecular complexity index is 1280. The summed E-state index contributed by atoms with van der Waals surface area (Å²) >= 11 is 6.31. The number of benzene rings is 2. The summed E-state index contributed by atoms with van der Waals surface area (Å²) in [5.74, 6) is -0.927. The third kappa shape index (κ3) is 4.86. The molecule has 2 heterocycles. The number of thioether (sulfide) groups is 1. The molecule has 1 aliphatic rings. The molecule has 1 N–H and O–H groups in total. The maximum Gasteiger partial charge on any atom is 0.327 e. The number of nitro groups is 1.